The van der Waals surface area contributed by atoms with E-state index in [0.29, 0.717) is 6.04 Å². The zero-order valence-electron chi connectivity index (χ0n) is 12.1. The van der Waals surface area contributed by atoms with E-state index in [2.05, 4.69) is 70.4 Å². The second kappa shape index (κ2) is 7.55. The maximum atomic E-state index is 4.09. The molecule has 0 saturated heterocycles. The first-order chi connectivity index (χ1) is 9.72. The molecule has 0 amide bonds. The fourth-order valence-corrected chi connectivity index (χ4v) is 2.85. The fraction of sp³-hybridized carbons (Fsp3) is 0.353. The third-order valence-electron chi connectivity index (χ3n) is 3.43. The minimum absolute atomic E-state index is 0.326. The number of nitrogens with one attached hydrogen (secondary N) is 1. The van der Waals surface area contributed by atoms with Gasteiger partial charge in [0.25, 0.3) is 0 Å². The van der Waals surface area contributed by atoms with Crippen LogP contribution in [0.5, 0.6) is 0 Å². The van der Waals surface area contributed by atoms with Crippen molar-refractivity contribution in [3.05, 3.63) is 63.9 Å². The summed E-state index contributed by atoms with van der Waals surface area (Å²) in [6.45, 7) is 5.36. The molecule has 0 spiro atoms. The molecule has 0 radical (unpaired) electrons. The Balaban J connectivity index is 2.25. The molecular weight excluding hydrogens is 312 g/mol. The molecule has 20 heavy (non-hydrogen) atoms. The van der Waals surface area contributed by atoms with Crippen molar-refractivity contribution >= 4 is 15.9 Å². The standard InChI is InChI=1S/C17H21BrN2/c1-3-9-20-16(12-14-7-10-19-11-8-14)15-6-4-5-13(2)17(15)18/h4-8,10-11,16,20H,3,9,12H2,1-2H3. The van der Waals surface area contributed by atoms with Crippen LogP contribution in [-0.4, -0.2) is 11.5 Å². The maximum absolute atomic E-state index is 4.09. The molecule has 3 heteroatoms. The van der Waals surface area contributed by atoms with Gasteiger partial charge in [0.05, 0.1) is 0 Å². The number of halogens is 1. The monoisotopic (exact) mass is 332 g/mol. The van der Waals surface area contributed by atoms with Gasteiger partial charge in [-0.25, -0.2) is 0 Å². The van der Waals surface area contributed by atoms with Gasteiger partial charge in [-0.15, -0.1) is 0 Å². The van der Waals surface area contributed by atoms with Crippen LogP contribution in [0.25, 0.3) is 0 Å². The van der Waals surface area contributed by atoms with Crippen LogP contribution in [0.2, 0.25) is 0 Å². The van der Waals surface area contributed by atoms with Gasteiger partial charge in [0.2, 0.25) is 0 Å². The number of aromatic nitrogens is 1. The summed E-state index contributed by atoms with van der Waals surface area (Å²) in [4.78, 5) is 4.09. The third kappa shape index (κ3) is 3.90. The Kier molecular flexibility index (Phi) is 5.74. The van der Waals surface area contributed by atoms with Crippen molar-refractivity contribution in [2.75, 3.05) is 6.54 Å². The SMILES string of the molecule is CCCNC(Cc1ccncc1)c1cccc(C)c1Br. The molecular formula is C17H21BrN2. The van der Waals surface area contributed by atoms with E-state index in [9.17, 15) is 0 Å². The maximum Gasteiger partial charge on any atom is 0.0372 e. The van der Waals surface area contributed by atoms with Gasteiger partial charge in [0, 0.05) is 22.9 Å². The minimum atomic E-state index is 0.326. The lowest BCUT2D eigenvalue weighted by Crippen LogP contribution is -2.24. The van der Waals surface area contributed by atoms with Gasteiger partial charge in [0.1, 0.15) is 0 Å². The molecule has 1 aromatic carbocycles. The number of hydrogen-bond acceptors (Lipinski definition) is 2. The van der Waals surface area contributed by atoms with E-state index >= 15 is 0 Å². The highest BCUT2D eigenvalue weighted by atomic mass is 79.9. The van der Waals surface area contributed by atoms with E-state index in [1.54, 1.807) is 0 Å². The summed E-state index contributed by atoms with van der Waals surface area (Å²) in [5.41, 5.74) is 3.91. The number of rotatable bonds is 6. The predicted octanol–water partition coefficient (Wildman–Crippen LogP) is 4.44. The van der Waals surface area contributed by atoms with Crippen LogP contribution in [0.3, 0.4) is 0 Å². The summed E-state index contributed by atoms with van der Waals surface area (Å²) in [5.74, 6) is 0. The molecule has 1 N–H and O–H groups in total. The average Bonchev–Trinajstić information content (AvgIpc) is 2.48. The van der Waals surface area contributed by atoms with Gasteiger partial charge in [-0.1, -0.05) is 41.1 Å². The van der Waals surface area contributed by atoms with Gasteiger partial charge in [-0.2, -0.15) is 0 Å². The van der Waals surface area contributed by atoms with Crippen molar-refractivity contribution in [2.24, 2.45) is 0 Å². The largest absolute Gasteiger partial charge is 0.310 e. The van der Waals surface area contributed by atoms with E-state index in [1.165, 1.54) is 21.2 Å². The Morgan fingerprint density at radius 1 is 1.20 bits per heavy atom. The lowest BCUT2D eigenvalue weighted by atomic mass is 9.98. The van der Waals surface area contributed by atoms with E-state index in [4.69, 9.17) is 0 Å². The lowest BCUT2D eigenvalue weighted by molar-refractivity contribution is 0.527. The van der Waals surface area contributed by atoms with Gasteiger partial charge in [-0.3, -0.25) is 4.98 Å². The summed E-state index contributed by atoms with van der Waals surface area (Å²) in [5, 5.41) is 3.65. The first-order valence-electron chi connectivity index (χ1n) is 7.09. The van der Waals surface area contributed by atoms with Crippen molar-refractivity contribution in [1.82, 2.24) is 10.3 Å². The third-order valence-corrected chi connectivity index (χ3v) is 4.51. The number of pyridine rings is 1. The van der Waals surface area contributed by atoms with Crippen LogP contribution in [0, 0.1) is 6.92 Å². The fourth-order valence-electron chi connectivity index (χ4n) is 2.30. The Bertz CT molecular complexity index is 540. The predicted molar refractivity (Wildman–Crippen MR) is 87.9 cm³/mol. The molecule has 0 fully saturated rings. The zero-order valence-corrected chi connectivity index (χ0v) is 13.7. The molecule has 2 rings (SSSR count). The Morgan fingerprint density at radius 2 is 1.95 bits per heavy atom. The highest BCUT2D eigenvalue weighted by Crippen LogP contribution is 2.28. The second-order valence-corrected chi connectivity index (χ2v) is 5.84. The minimum Gasteiger partial charge on any atom is -0.310 e. The molecule has 2 nitrogen and oxygen atoms in total. The Hall–Kier alpha value is -1.19. The quantitative estimate of drug-likeness (QED) is 0.846. The van der Waals surface area contributed by atoms with Crippen molar-refractivity contribution in [1.29, 1.82) is 0 Å². The molecule has 1 aromatic heterocycles. The molecule has 2 aromatic rings. The molecule has 0 aliphatic heterocycles. The van der Waals surface area contributed by atoms with Gasteiger partial charge >= 0.3 is 0 Å². The van der Waals surface area contributed by atoms with Crippen LogP contribution in [0.1, 0.15) is 36.1 Å². The van der Waals surface area contributed by atoms with Crippen molar-refractivity contribution in [3.8, 4) is 0 Å². The van der Waals surface area contributed by atoms with Crippen LogP contribution < -0.4 is 5.32 Å². The molecule has 1 atom stereocenters. The van der Waals surface area contributed by atoms with Crippen molar-refractivity contribution in [3.63, 3.8) is 0 Å². The zero-order chi connectivity index (χ0) is 14.4. The normalized spacial score (nSPS) is 12.3. The molecule has 0 saturated carbocycles. The first-order valence-corrected chi connectivity index (χ1v) is 7.89. The van der Waals surface area contributed by atoms with E-state index in [0.717, 1.165) is 19.4 Å². The van der Waals surface area contributed by atoms with Crippen LogP contribution in [0.15, 0.2) is 47.2 Å². The van der Waals surface area contributed by atoms with Gasteiger partial charge in [0.15, 0.2) is 0 Å². The van der Waals surface area contributed by atoms with E-state index in [1.807, 2.05) is 12.4 Å². The molecule has 0 aliphatic rings. The average molecular weight is 333 g/mol. The number of aryl methyl sites for hydroxylation is 1. The number of benzene rings is 1. The van der Waals surface area contributed by atoms with Crippen molar-refractivity contribution < 1.29 is 0 Å². The van der Waals surface area contributed by atoms with Crippen LogP contribution in [0.4, 0.5) is 0 Å². The van der Waals surface area contributed by atoms with E-state index in [-0.39, 0.29) is 0 Å². The summed E-state index contributed by atoms with van der Waals surface area (Å²) >= 11 is 3.73. The molecule has 0 bridgehead atoms. The number of hydrogen-bond donors (Lipinski definition) is 1. The Labute approximate surface area is 129 Å². The van der Waals surface area contributed by atoms with Crippen LogP contribution >= 0.6 is 15.9 Å². The molecule has 106 valence electrons. The van der Waals surface area contributed by atoms with Gasteiger partial charge < -0.3 is 5.32 Å². The smallest absolute Gasteiger partial charge is 0.0372 e. The Morgan fingerprint density at radius 3 is 2.65 bits per heavy atom. The molecule has 1 heterocycles. The van der Waals surface area contributed by atoms with E-state index < -0.39 is 0 Å². The van der Waals surface area contributed by atoms with Crippen LogP contribution in [-0.2, 0) is 6.42 Å². The number of nitrogens with zero attached hydrogens (tertiary/aromatic N) is 1. The second-order valence-electron chi connectivity index (χ2n) is 5.04. The summed E-state index contributed by atoms with van der Waals surface area (Å²) in [6.07, 6.45) is 5.83. The first kappa shape index (κ1) is 15.2. The topological polar surface area (TPSA) is 24.9 Å². The molecule has 1 unspecified atom stereocenters. The lowest BCUT2D eigenvalue weighted by Gasteiger charge is -2.21. The summed E-state index contributed by atoms with van der Waals surface area (Å²) < 4.78 is 1.21. The summed E-state index contributed by atoms with van der Waals surface area (Å²) in [7, 11) is 0. The molecule has 0 aliphatic carbocycles. The highest BCUT2D eigenvalue weighted by Gasteiger charge is 2.15. The van der Waals surface area contributed by atoms with Crippen molar-refractivity contribution in [2.45, 2.75) is 32.7 Å². The van der Waals surface area contributed by atoms with Gasteiger partial charge in [-0.05, 0) is 55.1 Å². The highest BCUT2D eigenvalue weighted by molar-refractivity contribution is 9.10. The summed E-state index contributed by atoms with van der Waals surface area (Å²) in [6, 6.07) is 11.0.